The first-order valence-electron chi connectivity index (χ1n) is 8.90. The minimum absolute atomic E-state index is 0.0824. The monoisotopic (exact) mass is 410 g/mol. The van der Waals surface area contributed by atoms with Crippen LogP contribution in [0.3, 0.4) is 0 Å². The second-order valence-electron chi connectivity index (χ2n) is 6.08. The van der Waals surface area contributed by atoms with Crippen molar-refractivity contribution in [3.63, 3.8) is 0 Å². The van der Waals surface area contributed by atoms with Gasteiger partial charge in [-0.05, 0) is 44.0 Å². The average molecular weight is 411 g/mol. The zero-order valence-electron chi connectivity index (χ0n) is 15.0. The van der Waals surface area contributed by atoms with Crippen LogP contribution in [0, 0.1) is 0 Å². The summed E-state index contributed by atoms with van der Waals surface area (Å²) in [6.07, 6.45) is 2.61. The van der Waals surface area contributed by atoms with Crippen LogP contribution in [0.25, 0.3) is 10.9 Å². The SMILES string of the molecule is CCCN(CCC)CCc1cccc2c1cc(O)n2C(=O)OCCBr. The summed E-state index contributed by atoms with van der Waals surface area (Å²) in [4.78, 5) is 14.7. The van der Waals surface area contributed by atoms with Gasteiger partial charge in [0.05, 0.1) is 5.52 Å². The van der Waals surface area contributed by atoms with Crippen molar-refractivity contribution in [3.05, 3.63) is 29.8 Å². The summed E-state index contributed by atoms with van der Waals surface area (Å²) in [6, 6.07) is 7.48. The van der Waals surface area contributed by atoms with Crippen molar-refractivity contribution in [2.24, 2.45) is 0 Å². The molecule has 0 bridgehead atoms. The van der Waals surface area contributed by atoms with Gasteiger partial charge in [-0.15, -0.1) is 0 Å². The van der Waals surface area contributed by atoms with Crippen LogP contribution in [-0.4, -0.2) is 52.2 Å². The maximum Gasteiger partial charge on any atom is 0.421 e. The quantitative estimate of drug-likeness (QED) is 0.622. The third-order valence-electron chi connectivity index (χ3n) is 4.18. The lowest BCUT2D eigenvalue weighted by Gasteiger charge is -2.21. The molecule has 0 saturated heterocycles. The molecule has 0 saturated carbocycles. The summed E-state index contributed by atoms with van der Waals surface area (Å²) in [5, 5.41) is 11.7. The van der Waals surface area contributed by atoms with Gasteiger partial charge in [0.25, 0.3) is 0 Å². The zero-order valence-corrected chi connectivity index (χ0v) is 16.6. The second-order valence-corrected chi connectivity index (χ2v) is 6.88. The molecule has 0 radical (unpaired) electrons. The van der Waals surface area contributed by atoms with E-state index in [9.17, 15) is 9.90 Å². The number of hydrogen-bond donors (Lipinski definition) is 1. The van der Waals surface area contributed by atoms with E-state index in [0.29, 0.717) is 10.8 Å². The maximum atomic E-state index is 12.2. The van der Waals surface area contributed by atoms with E-state index in [0.717, 1.165) is 49.8 Å². The van der Waals surface area contributed by atoms with E-state index < -0.39 is 6.09 Å². The molecule has 0 aliphatic heterocycles. The first kappa shape index (κ1) is 19.8. The van der Waals surface area contributed by atoms with Crippen molar-refractivity contribution in [2.75, 3.05) is 31.6 Å². The number of hydrogen-bond acceptors (Lipinski definition) is 4. The summed E-state index contributed by atoms with van der Waals surface area (Å²) >= 11 is 3.23. The molecule has 1 aromatic carbocycles. The number of ether oxygens (including phenoxy) is 1. The highest BCUT2D eigenvalue weighted by atomic mass is 79.9. The van der Waals surface area contributed by atoms with Crippen LogP contribution in [-0.2, 0) is 11.2 Å². The number of aromatic nitrogens is 1. The van der Waals surface area contributed by atoms with Gasteiger partial charge in [-0.25, -0.2) is 9.36 Å². The molecule has 2 rings (SSSR count). The van der Waals surface area contributed by atoms with Crippen molar-refractivity contribution < 1.29 is 14.6 Å². The third-order valence-corrected chi connectivity index (χ3v) is 4.50. The fourth-order valence-corrected chi connectivity index (χ4v) is 3.29. The number of rotatable bonds is 9. The fourth-order valence-electron chi connectivity index (χ4n) is 3.12. The predicted octanol–water partition coefficient (Wildman–Crippen LogP) is 4.39. The van der Waals surface area contributed by atoms with Crippen molar-refractivity contribution in [2.45, 2.75) is 33.1 Å². The Morgan fingerprint density at radius 2 is 1.96 bits per heavy atom. The molecule has 2 aromatic rings. The van der Waals surface area contributed by atoms with Gasteiger partial charge in [-0.2, -0.15) is 0 Å². The van der Waals surface area contributed by atoms with Gasteiger partial charge >= 0.3 is 6.09 Å². The molecule has 138 valence electrons. The highest BCUT2D eigenvalue weighted by Crippen LogP contribution is 2.28. The van der Waals surface area contributed by atoms with Gasteiger partial charge in [0.1, 0.15) is 6.61 Å². The Bertz CT molecular complexity index is 693. The van der Waals surface area contributed by atoms with E-state index in [1.807, 2.05) is 12.1 Å². The Kier molecular flexibility index (Phi) is 7.78. The predicted molar refractivity (Wildman–Crippen MR) is 105 cm³/mol. The number of halogens is 1. The zero-order chi connectivity index (χ0) is 18.2. The Morgan fingerprint density at radius 1 is 1.24 bits per heavy atom. The minimum Gasteiger partial charge on any atom is -0.494 e. The van der Waals surface area contributed by atoms with E-state index in [1.54, 1.807) is 6.07 Å². The fraction of sp³-hybridized carbons (Fsp3) is 0.526. The van der Waals surface area contributed by atoms with Gasteiger partial charge < -0.3 is 14.7 Å². The van der Waals surface area contributed by atoms with Crippen LogP contribution in [0.1, 0.15) is 32.3 Å². The van der Waals surface area contributed by atoms with Crippen LogP contribution in [0.5, 0.6) is 5.88 Å². The second kappa shape index (κ2) is 9.82. The summed E-state index contributed by atoms with van der Waals surface area (Å²) in [7, 11) is 0. The van der Waals surface area contributed by atoms with Crippen LogP contribution in [0.2, 0.25) is 0 Å². The lowest BCUT2D eigenvalue weighted by atomic mass is 10.1. The highest BCUT2D eigenvalue weighted by Gasteiger charge is 2.17. The molecule has 1 aromatic heterocycles. The maximum absolute atomic E-state index is 12.2. The number of carbonyl (C=O) groups is 1. The Balaban J connectivity index is 2.23. The van der Waals surface area contributed by atoms with Crippen LogP contribution >= 0.6 is 15.9 Å². The first-order valence-corrected chi connectivity index (χ1v) is 10.0. The lowest BCUT2D eigenvalue weighted by Crippen LogP contribution is -2.27. The van der Waals surface area contributed by atoms with Crippen molar-refractivity contribution >= 4 is 32.9 Å². The van der Waals surface area contributed by atoms with Crippen molar-refractivity contribution in [1.82, 2.24) is 9.47 Å². The van der Waals surface area contributed by atoms with Gasteiger partial charge in [-0.1, -0.05) is 41.9 Å². The van der Waals surface area contributed by atoms with Crippen molar-refractivity contribution in [1.29, 1.82) is 0 Å². The minimum atomic E-state index is -0.553. The average Bonchev–Trinajstić information content (AvgIpc) is 2.94. The van der Waals surface area contributed by atoms with Gasteiger partial charge in [0.2, 0.25) is 5.88 Å². The third kappa shape index (κ3) is 4.98. The van der Waals surface area contributed by atoms with Crippen LogP contribution in [0.4, 0.5) is 4.79 Å². The summed E-state index contributed by atoms with van der Waals surface area (Å²) < 4.78 is 6.37. The van der Waals surface area contributed by atoms with Crippen molar-refractivity contribution in [3.8, 4) is 5.88 Å². The topological polar surface area (TPSA) is 54.7 Å². The Labute approximate surface area is 157 Å². The van der Waals surface area contributed by atoms with Crippen LogP contribution < -0.4 is 0 Å². The Hall–Kier alpha value is -1.53. The van der Waals surface area contributed by atoms with Crippen LogP contribution in [0.15, 0.2) is 24.3 Å². The number of alkyl halides is 1. The summed E-state index contributed by atoms with van der Waals surface area (Å²) in [6.45, 7) is 7.81. The first-order chi connectivity index (χ1) is 12.1. The molecule has 1 heterocycles. The molecular formula is C19H27BrN2O3. The molecule has 0 unspecified atom stereocenters. The standard InChI is InChI=1S/C19H27BrN2O3/c1-3-10-21(11-4-2)12-8-15-6-5-7-17-16(15)14-18(23)22(17)19(24)25-13-9-20/h5-7,14,23H,3-4,8-13H2,1-2H3. The molecule has 6 heteroatoms. The largest absolute Gasteiger partial charge is 0.494 e. The molecule has 0 fully saturated rings. The normalized spacial score (nSPS) is 11.4. The highest BCUT2D eigenvalue weighted by molar-refractivity contribution is 9.09. The molecule has 1 N–H and O–H groups in total. The van der Waals surface area contributed by atoms with E-state index in [4.69, 9.17) is 4.74 Å². The summed E-state index contributed by atoms with van der Waals surface area (Å²) in [5.41, 5.74) is 1.82. The smallest absolute Gasteiger partial charge is 0.421 e. The molecule has 5 nitrogen and oxygen atoms in total. The molecule has 25 heavy (non-hydrogen) atoms. The molecule has 0 aliphatic carbocycles. The van der Waals surface area contributed by atoms with E-state index >= 15 is 0 Å². The summed E-state index contributed by atoms with van der Waals surface area (Å²) in [5.74, 6) is -0.0824. The van der Waals surface area contributed by atoms with Gasteiger partial charge in [0.15, 0.2) is 0 Å². The lowest BCUT2D eigenvalue weighted by molar-refractivity contribution is 0.154. The number of carbonyl (C=O) groups excluding carboxylic acids is 1. The number of aromatic hydroxyl groups is 1. The molecular weight excluding hydrogens is 384 g/mol. The molecule has 0 spiro atoms. The Morgan fingerprint density at radius 3 is 2.60 bits per heavy atom. The van der Waals surface area contributed by atoms with E-state index in [-0.39, 0.29) is 12.5 Å². The molecule has 0 atom stereocenters. The van der Waals surface area contributed by atoms with Gasteiger partial charge in [-0.3, -0.25) is 0 Å². The number of nitrogens with zero attached hydrogens (tertiary/aromatic N) is 2. The molecule has 0 amide bonds. The van der Waals surface area contributed by atoms with E-state index in [2.05, 4.69) is 40.7 Å². The number of benzene rings is 1. The van der Waals surface area contributed by atoms with E-state index in [1.165, 1.54) is 4.57 Å². The molecule has 0 aliphatic rings. The van der Waals surface area contributed by atoms with Gasteiger partial charge in [0, 0.05) is 23.3 Å². The number of fused-ring (bicyclic) bond motifs is 1.